The quantitative estimate of drug-likeness (QED) is 0.283. The van der Waals surface area contributed by atoms with Crippen LogP contribution >= 0.6 is 0 Å². The highest BCUT2D eigenvalue weighted by Gasteiger charge is 2.71. The third-order valence-corrected chi connectivity index (χ3v) is 17.6. The van der Waals surface area contributed by atoms with Crippen molar-refractivity contribution < 1.29 is 0 Å². The molecular weight excluding hydrogens is 675 g/mol. The van der Waals surface area contributed by atoms with Crippen LogP contribution in [0.25, 0.3) is 22.9 Å². The predicted molar refractivity (Wildman–Crippen MR) is 235 cm³/mol. The zero-order valence-corrected chi connectivity index (χ0v) is 33.8. The van der Waals surface area contributed by atoms with Crippen LogP contribution in [0.1, 0.15) is 131 Å². The van der Waals surface area contributed by atoms with Crippen LogP contribution in [-0.4, -0.2) is 10.9 Å². The zero-order valence-electron chi connectivity index (χ0n) is 33.8. The molecule has 1 spiro atoms. The van der Waals surface area contributed by atoms with Crippen LogP contribution in [0.5, 0.6) is 0 Å². The highest BCUT2D eigenvalue weighted by atomic mass is 15.2. The SMILES string of the molecule is C1=CC(N(C2=CCCCC2)C2=CCC(C3=CCCC4C5CCC=CC5C5(C6Cc7c8c(c9ccccc9c7C=C6C6CCC=CC65)CCC=C8)C34)CC2)CCC1. The first-order valence-electron chi connectivity index (χ1n) is 23.6. The summed E-state index contributed by atoms with van der Waals surface area (Å²) in [6.45, 7) is 0. The van der Waals surface area contributed by atoms with E-state index >= 15 is 0 Å². The van der Waals surface area contributed by atoms with Crippen molar-refractivity contribution in [1.82, 2.24) is 4.90 Å². The third-order valence-electron chi connectivity index (χ3n) is 17.6. The largest absolute Gasteiger partial charge is 0.342 e. The minimum Gasteiger partial charge on any atom is -0.342 e. The number of benzene rings is 2. The molecule has 0 heterocycles. The van der Waals surface area contributed by atoms with Crippen molar-refractivity contribution in [3.8, 4) is 0 Å². The normalized spacial score (nSPS) is 37.8. The molecule has 10 atom stereocenters. The molecule has 2 aromatic carbocycles. The maximum atomic E-state index is 2.87. The standard InChI is InChI=1S/C55H63N/c1-3-16-37(17-4-1)56(38-18-5-2-6-19-38)39-32-30-36(31-33-39)40-26-15-27-47-45-24-11-13-28-51(45)55(54(40)47)52-29-14-12-25-46(52)50-34-48-43-22-9-7-20-41(43)42-21-8-10-23-44(42)49(48)35-53(50)55/h3,7,9-10,13-14,16,18,20,22-23,26,28-29,32,34,36-37,45-47,51-54H,1-2,4-6,8,11-12,15,17,19,21,24-25,27,30-31,33,35H2. The van der Waals surface area contributed by atoms with Crippen LogP contribution in [0.4, 0.5) is 0 Å². The lowest BCUT2D eigenvalue weighted by Crippen LogP contribution is -2.46. The van der Waals surface area contributed by atoms with Gasteiger partial charge in [0.2, 0.25) is 0 Å². The van der Waals surface area contributed by atoms with Crippen LogP contribution in [0.15, 0.2) is 108 Å². The van der Waals surface area contributed by atoms with Gasteiger partial charge in [-0.25, -0.2) is 0 Å². The third kappa shape index (κ3) is 5.03. The van der Waals surface area contributed by atoms with Crippen LogP contribution in [0, 0.1) is 52.8 Å². The molecule has 1 heteroatoms. The van der Waals surface area contributed by atoms with Crippen molar-refractivity contribution in [3.63, 3.8) is 0 Å². The van der Waals surface area contributed by atoms with Gasteiger partial charge in [-0.1, -0.05) is 108 Å². The first-order valence-corrected chi connectivity index (χ1v) is 23.6. The van der Waals surface area contributed by atoms with Crippen molar-refractivity contribution in [2.24, 2.45) is 52.8 Å². The molecule has 0 N–H and O–H groups in total. The molecule has 0 aliphatic heterocycles. The van der Waals surface area contributed by atoms with Crippen molar-refractivity contribution in [2.45, 2.75) is 128 Å². The fraction of sp³-hybridized carbons (Fsp3) is 0.527. The summed E-state index contributed by atoms with van der Waals surface area (Å²) >= 11 is 0. The van der Waals surface area contributed by atoms with Crippen LogP contribution < -0.4 is 0 Å². The van der Waals surface area contributed by atoms with Crippen molar-refractivity contribution in [3.05, 3.63) is 130 Å². The summed E-state index contributed by atoms with van der Waals surface area (Å²) in [6, 6.07) is 10.0. The fourth-order valence-corrected chi connectivity index (χ4v) is 15.8. The molecule has 2 saturated carbocycles. The summed E-state index contributed by atoms with van der Waals surface area (Å²) in [5, 5.41) is 3.04. The van der Waals surface area contributed by atoms with Gasteiger partial charge in [-0.15, -0.1) is 0 Å². The molecule has 0 amide bonds. The van der Waals surface area contributed by atoms with Gasteiger partial charge in [0.1, 0.15) is 0 Å². The summed E-state index contributed by atoms with van der Waals surface area (Å²) in [7, 11) is 0. The zero-order chi connectivity index (χ0) is 36.8. The second-order valence-corrected chi connectivity index (χ2v) is 19.8. The van der Waals surface area contributed by atoms with Crippen LogP contribution in [0.2, 0.25) is 0 Å². The lowest BCUT2D eigenvalue weighted by molar-refractivity contribution is 0.0507. The Morgan fingerprint density at radius 3 is 2.30 bits per heavy atom. The average molecular weight is 738 g/mol. The highest BCUT2D eigenvalue weighted by molar-refractivity contribution is 5.98. The van der Waals surface area contributed by atoms with E-state index in [1.165, 1.54) is 133 Å². The maximum Gasteiger partial charge on any atom is 0.0515 e. The molecule has 288 valence electrons. The van der Waals surface area contributed by atoms with Gasteiger partial charge in [-0.05, 0) is 208 Å². The number of hydrogen-bond donors (Lipinski definition) is 0. The summed E-state index contributed by atoms with van der Waals surface area (Å²) in [6.07, 6.45) is 56.8. The summed E-state index contributed by atoms with van der Waals surface area (Å²) in [4.78, 5) is 2.86. The monoisotopic (exact) mass is 737 g/mol. The molecule has 10 aliphatic rings. The second kappa shape index (κ2) is 13.8. The molecular formula is C55H63N. The molecule has 0 bridgehead atoms. The fourth-order valence-electron chi connectivity index (χ4n) is 15.8. The summed E-state index contributed by atoms with van der Waals surface area (Å²) < 4.78 is 0. The van der Waals surface area contributed by atoms with Gasteiger partial charge in [-0.2, -0.15) is 0 Å². The first-order chi connectivity index (χ1) is 27.8. The number of hydrogen-bond acceptors (Lipinski definition) is 1. The van der Waals surface area contributed by atoms with E-state index in [2.05, 4.69) is 102 Å². The summed E-state index contributed by atoms with van der Waals surface area (Å²) in [5.41, 5.74) is 13.9. The molecule has 56 heavy (non-hydrogen) atoms. The molecule has 0 saturated heterocycles. The minimum atomic E-state index is 0.288. The van der Waals surface area contributed by atoms with Gasteiger partial charge in [-0.3, -0.25) is 0 Å². The van der Waals surface area contributed by atoms with E-state index in [0.29, 0.717) is 41.5 Å². The lowest BCUT2D eigenvalue weighted by Gasteiger charge is -2.51. The van der Waals surface area contributed by atoms with Crippen molar-refractivity contribution in [1.29, 1.82) is 0 Å². The van der Waals surface area contributed by atoms with Gasteiger partial charge < -0.3 is 4.90 Å². The number of fused-ring (bicyclic) bond motifs is 16. The molecule has 12 rings (SSSR count). The Balaban J connectivity index is 0.977. The lowest BCUT2D eigenvalue weighted by atomic mass is 9.52. The molecule has 10 aliphatic carbocycles. The molecule has 1 nitrogen and oxygen atoms in total. The van der Waals surface area contributed by atoms with E-state index in [1.807, 2.05) is 11.1 Å². The predicted octanol–water partition coefficient (Wildman–Crippen LogP) is 14.0. The Morgan fingerprint density at radius 2 is 1.45 bits per heavy atom. The van der Waals surface area contributed by atoms with Crippen LogP contribution in [0.3, 0.4) is 0 Å². The highest BCUT2D eigenvalue weighted by Crippen LogP contribution is 2.76. The molecule has 2 fully saturated rings. The van der Waals surface area contributed by atoms with E-state index in [9.17, 15) is 0 Å². The average Bonchev–Trinajstić information content (AvgIpc) is 3.74. The number of rotatable bonds is 4. The van der Waals surface area contributed by atoms with Gasteiger partial charge in [0.05, 0.1) is 6.04 Å². The van der Waals surface area contributed by atoms with E-state index in [-0.39, 0.29) is 5.41 Å². The topological polar surface area (TPSA) is 3.24 Å². The second-order valence-electron chi connectivity index (χ2n) is 19.8. The molecule has 0 radical (unpaired) electrons. The van der Waals surface area contributed by atoms with Gasteiger partial charge >= 0.3 is 0 Å². The summed E-state index contributed by atoms with van der Waals surface area (Å²) in [5.74, 6) is 5.80. The van der Waals surface area contributed by atoms with E-state index < -0.39 is 0 Å². The van der Waals surface area contributed by atoms with Crippen LogP contribution in [-0.2, 0) is 12.8 Å². The Kier molecular flexibility index (Phi) is 8.48. The smallest absolute Gasteiger partial charge is 0.0515 e. The van der Waals surface area contributed by atoms with E-state index in [1.54, 1.807) is 33.6 Å². The molecule has 2 aromatic rings. The Morgan fingerprint density at radius 1 is 0.589 bits per heavy atom. The Labute approximate surface area is 337 Å². The van der Waals surface area contributed by atoms with Gasteiger partial charge in [0, 0.05) is 11.4 Å². The maximum absolute atomic E-state index is 2.87. The van der Waals surface area contributed by atoms with E-state index in [4.69, 9.17) is 0 Å². The molecule has 10 unspecified atom stereocenters. The number of nitrogens with zero attached hydrogens (tertiary/aromatic N) is 1. The van der Waals surface area contributed by atoms with Gasteiger partial charge in [0.15, 0.2) is 0 Å². The number of aryl methyl sites for hydroxylation is 1. The number of allylic oxidation sites excluding steroid dienone is 13. The van der Waals surface area contributed by atoms with Crippen molar-refractivity contribution in [2.75, 3.05) is 0 Å². The minimum absolute atomic E-state index is 0.288. The van der Waals surface area contributed by atoms with Crippen molar-refractivity contribution >= 4 is 22.9 Å². The van der Waals surface area contributed by atoms with Gasteiger partial charge in [0.25, 0.3) is 0 Å². The first kappa shape index (κ1) is 34.5. The van der Waals surface area contributed by atoms with E-state index in [0.717, 1.165) is 11.8 Å². The molecule has 0 aromatic heterocycles. The Bertz CT molecular complexity index is 2180. The Hall–Kier alpha value is -3.58.